The molecule has 6 heteroatoms. The number of anilines is 1. The predicted octanol–water partition coefficient (Wildman–Crippen LogP) is 4.44. The minimum Gasteiger partial charge on any atom is -0.491 e. The largest absolute Gasteiger partial charge is 0.491 e. The van der Waals surface area contributed by atoms with Gasteiger partial charge in [-0.1, -0.05) is 11.3 Å². The van der Waals surface area contributed by atoms with Crippen LogP contribution in [0.15, 0.2) is 51.7 Å². The van der Waals surface area contributed by atoms with E-state index in [2.05, 4.69) is 4.98 Å². The number of fused-ring (bicyclic) bond motifs is 3. The molecule has 2 aromatic carbocycles. The van der Waals surface area contributed by atoms with Crippen molar-refractivity contribution in [3.8, 4) is 17.1 Å². The monoisotopic (exact) mass is 352 g/mol. The van der Waals surface area contributed by atoms with Gasteiger partial charge in [0.2, 0.25) is 0 Å². The number of nitrogens with zero attached hydrogens (tertiary/aromatic N) is 1. The van der Waals surface area contributed by atoms with Gasteiger partial charge in [-0.25, -0.2) is 4.98 Å². The van der Waals surface area contributed by atoms with Gasteiger partial charge in [0.1, 0.15) is 17.1 Å². The SMILES string of the molecule is CC(C)Oc1ccc(-c2cc(=O)c3c(ccc4nc(N)sc43)o2)cc1. The van der Waals surface area contributed by atoms with Crippen molar-refractivity contribution in [1.29, 1.82) is 0 Å². The van der Waals surface area contributed by atoms with Crippen LogP contribution in [0.5, 0.6) is 5.75 Å². The molecule has 0 saturated heterocycles. The highest BCUT2D eigenvalue weighted by molar-refractivity contribution is 7.22. The van der Waals surface area contributed by atoms with Crippen LogP contribution in [-0.2, 0) is 0 Å². The maximum absolute atomic E-state index is 12.7. The van der Waals surface area contributed by atoms with Crippen LogP contribution in [0, 0.1) is 0 Å². The lowest BCUT2D eigenvalue weighted by molar-refractivity contribution is 0.242. The summed E-state index contributed by atoms with van der Waals surface area (Å²) in [6.45, 7) is 3.95. The molecule has 25 heavy (non-hydrogen) atoms. The van der Waals surface area contributed by atoms with E-state index in [4.69, 9.17) is 14.9 Å². The minimum atomic E-state index is -0.104. The van der Waals surface area contributed by atoms with E-state index in [0.717, 1.165) is 16.0 Å². The number of aromatic nitrogens is 1. The summed E-state index contributed by atoms with van der Waals surface area (Å²) in [5.74, 6) is 1.30. The van der Waals surface area contributed by atoms with Crippen molar-refractivity contribution in [2.75, 3.05) is 5.73 Å². The van der Waals surface area contributed by atoms with Crippen LogP contribution >= 0.6 is 11.3 Å². The molecule has 0 fully saturated rings. The number of thiazole rings is 1. The fourth-order valence-electron chi connectivity index (χ4n) is 2.76. The molecule has 0 atom stereocenters. The van der Waals surface area contributed by atoms with E-state index < -0.39 is 0 Å². The lowest BCUT2D eigenvalue weighted by Crippen LogP contribution is -2.05. The van der Waals surface area contributed by atoms with Gasteiger partial charge in [-0.2, -0.15) is 0 Å². The Morgan fingerprint density at radius 3 is 2.64 bits per heavy atom. The van der Waals surface area contributed by atoms with Crippen LogP contribution < -0.4 is 15.9 Å². The number of hydrogen-bond donors (Lipinski definition) is 1. The predicted molar refractivity (Wildman–Crippen MR) is 101 cm³/mol. The third-order valence-electron chi connectivity index (χ3n) is 3.78. The van der Waals surface area contributed by atoms with E-state index in [-0.39, 0.29) is 11.5 Å². The molecule has 0 amide bonds. The smallest absolute Gasteiger partial charge is 0.194 e. The topological polar surface area (TPSA) is 78.3 Å². The quantitative estimate of drug-likeness (QED) is 0.590. The van der Waals surface area contributed by atoms with Gasteiger partial charge in [-0.05, 0) is 50.2 Å². The van der Waals surface area contributed by atoms with Crippen molar-refractivity contribution in [2.24, 2.45) is 0 Å². The van der Waals surface area contributed by atoms with Crippen LogP contribution in [0.25, 0.3) is 32.5 Å². The highest BCUT2D eigenvalue weighted by atomic mass is 32.1. The molecule has 5 nitrogen and oxygen atoms in total. The van der Waals surface area contributed by atoms with Crippen molar-refractivity contribution < 1.29 is 9.15 Å². The Balaban J connectivity index is 1.83. The Hall–Kier alpha value is -2.86. The van der Waals surface area contributed by atoms with Crippen LogP contribution in [0.2, 0.25) is 0 Å². The molecule has 0 saturated carbocycles. The molecular formula is C19H16N2O3S. The van der Waals surface area contributed by atoms with Gasteiger partial charge in [0.15, 0.2) is 10.6 Å². The zero-order chi connectivity index (χ0) is 17.6. The van der Waals surface area contributed by atoms with Gasteiger partial charge in [0, 0.05) is 11.6 Å². The summed E-state index contributed by atoms with van der Waals surface area (Å²) in [4.78, 5) is 16.9. The van der Waals surface area contributed by atoms with Crippen LogP contribution in [0.1, 0.15) is 13.8 Å². The van der Waals surface area contributed by atoms with Crippen LogP contribution in [0.4, 0.5) is 5.13 Å². The first-order valence-electron chi connectivity index (χ1n) is 7.91. The first-order valence-corrected chi connectivity index (χ1v) is 8.73. The molecule has 4 rings (SSSR count). The molecule has 0 aliphatic rings. The van der Waals surface area contributed by atoms with E-state index in [1.54, 1.807) is 6.07 Å². The fourth-order valence-corrected chi connectivity index (χ4v) is 3.64. The lowest BCUT2D eigenvalue weighted by Gasteiger charge is -2.10. The maximum Gasteiger partial charge on any atom is 0.194 e. The van der Waals surface area contributed by atoms with E-state index in [1.807, 2.05) is 44.2 Å². The zero-order valence-corrected chi connectivity index (χ0v) is 14.6. The minimum absolute atomic E-state index is 0.104. The summed E-state index contributed by atoms with van der Waals surface area (Å²) in [5.41, 5.74) is 7.72. The summed E-state index contributed by atoms with van der Waals surface area (Å²) in [6.07, 6.45) is 0.110. The van der Waals surface area contributed by atoms with Gasteiger partial charge in [-0.3, -0.25) is 4.79 Å². The second-order valence-electron chi connectivity index (χ2n) is 6.00. The molecule has 0 radical (unpaired) electrons. The number of hydrogen-bond acceptors (Lipinski definition) is 6. The van der Waals surface area contributed by atoms with Gasteiger partial charge in [-0.15, -0.1) is 0 Å². The van der Waals surface area contributed by atoms with Gasteiger partial charge in [0.05, 0.1) is 21.7 Å². The Labute approximate surface area is 147 Å². The molecule has 0 aliphatic carbocycles. The van der Waals surface area contributed by atoms with Gasteiger partial charge >= 0.3 is 0 Å². The second kappa shape index (κ2) is 5.89. The normalized spacial score (nSPS) is 11.5. The zero-order valence-electron chi connectivity index (χ0n) is 13.8. The summed E-state index contributed by atoms with van der Waals surface area (Å²) in [5, 5.41) is 0.960. The first kappa shape index (κ1) is 15.7. The molecule has 2 aromatic heterocycles. The average molecular weight is 352 g/mol. The van der Waals surface area contributed by atoms with Crippen LogP contribution in [-0.4, -0.2) is 11.1 Å². The van der Waals surface area contributed by atoms with Gasteiger partial charge in [0.25, 0.3) is 0 Å². The Morgan fingerprint density at radius 2 is 1.92 bits per heavy atom. The van der Waals surface area contributed by atoms with Crippen LogP contribution in [0.3, 0.4) is 0 Å². The molecular weight excluding hydrogens is 336 g/mol. The number of nitrogens with two attached hydrogens (primary N) is 1. The molecule has 0 spiro atoms. The Kier molecular flexibility index (Phi) is 3.69. The Morgan fingerprint density at radius 1 is 1.16 bits per heavy atom. The second-order valence-corrected chi connectivity index (χ2v) is 7.04. The molecule has 4 aromatic rings. The van der Waals surface area contributed by atoms with Crippen molar-refractivity contribution in [3.63, 3.8) is 0 Å². The lowest BCUT2D eigenvalue weighted by atomic mass is 10.1. The molecule has 0 aliphatic heterocycles. The average Bonchev–Trinajstić information content (AvgIpc) is 2.94. The van der Waals surface area contributed by atoms with E-state index in [9.17, 15) is 4.79 Å². The van der Waals surface area contributed by atoms with Crippen molar-refractivity contribution in [2.45, 2.75) is 20.0 Å². The maximum atomic E-state index is 12.7. The van der Waals surface area contributed by atoms with Gasteiger partial charge < -0.3 is 14.9 Å². The molecule has 0 unspecified atom stereocenters. The van der Waals surface area contributed by atoms with E-state index in [1.165, 1.54) is 17.4 Å². The Bertz CT molecular complexity index is 1130. The van der Waals surface area contributed by atoms with E-state index in [0.29, 0.717) is 27.4 Å². The molecule has 126 valence electrons. The number of ether oxygens (including phenoxy) is 1. The number of nitrogen functional groups attached to an aromatic ring is 1. The number of benzene rings is 2. The third kappa shape index (κ3) is 2.85. The summed E-state index contributed by atoms with van der Waals surface area (Å²) in [6, 6.07) is 12.6. The first-order chi connectivity index (χ1) is 12.0. The van der Waals surface area contributed by atoms with Crippen molar-refractivity contribution >= 4 is 37.7 Å². The number of rotatable bonds is 3. The highest BCUT2D eigenvalue weighted by Gasteiger charge is 2.13. The summed E-state index contributed by atoms with van der Waals surface area (Å²) < 4.78 is 12.4. The fraction of sp³-hybridized carbons (Fsp3) is 0.158. The van der Waals surface area contributed by atoms with Crippen molar-refractivity contribution in [3.05, 3.63) is 52.7 Å². The standard InChI is InChI=1S/C19H16N2O3S/c1-10(2)23-12-5-3-11(4-6-12)16-9-14(22)17-15(24-16)8-7-13-18(17)25-19(20)21-13/h3-10H,1-2H3,(H2,20,21). The highest BCUT2D eigenvalue weighted by Crippen LogP contribution is 2.32. The summed E-state index contributed by atoms with van der Waals surface area (Å²) >= 11 is 1.30. The third-order valence-corrected chi connectivity index (χ3v) is 4.69. The molecule has 0 bridgehead atoms. The summed E-state index contributed by atoms with van der Waals surface area (Å²) in [7, 11) is 0. The van der Waals surface area contributed by atoms with E-state index >= 15 is 0 Å². The molecule has 2 heterocycles. The molecule has 2 N–H and O–H groups in total. The van der Waals surface area contributed by atoms with Crippen molar-refractivity contribution in [1.82, 2.24) is 4.98 Å².